The molecule has 1 rings (SSSR count). The van der Waals surface area contributed by atoms with Gasteiger partial charge in [-0.25, -0.2) is 4.79 Å². The van der Waals surface area contributed by atoms with E-state index in [-0.39, 0.29) is 5.97 Å². The van der Waals surface area contributed by atoms with Crippen LogP contribution in [0.25, 0.3) is 0 Å². The third-order valence-corrected chi connectivity index (χ3v) is 2.18. The predicted molar refractivity (Wildman–Crippen MR) is 70.1 cm³/mol. The average Bonchev–Trinajstić information content (AvgIpc) is 2.43. The van der Waals surface area contributed by atoms with Gasteiger partial charge in [0.05, 0.1) is 7.11 Å². The Labute approximate surface area is 107 Å². The Hall–Kier alpha value is -2.21. The summed E-state index contributed by atoms with van der Waals surface area (Å²) in [6.45, 7) is 2.23. The molecule has 0 saturated heterocycles. The smallest absolute Gasteiger partial charge is 0.331 e. The van der Waals surface area contributed by atoms with Crippen LogP contribution in [0.4, 0.5) is 0 Å². The van der Waals surface area contributed by atoms with E-state index in [0.717, 1.165) is 11.3 Å². The van der Waals surface area contributed by atoms with Crippen molar-refractivity contribution >= 4 is 5.97 Å². The van der Waals surface area contributed by atoms with Crippen molar-refractivity contribution in [1.82, 2.24) is 0 Å². The lowest BCUT2D eigenvalue weighted by molar-refractivity contribution is -0.134. The number of benzene rings is 1. The fourth-order valence-electron chi connectivity index (χ4n) is 1.21. The normalized spacial score (nSPS) is 10.2. The van der Waals surface area contributed by atoms with Crippen LogP contribution in [-0.4, -0.2) is 19.7 Å². The summed E-state index contributed by atoms with van der Waals surface area (Å²) in [6, 6.07) is 9.46. The molecule has 3 nitrogen and oxygen atoms in total. The Morgan fingerprint density at radius 2 is 2.06 bits per heavy atom. The maximum absolute atomic E-state index is 11.0. The zero-order valence-corrected chi connectivity index (χ0v) is 10.6. The van der Waals surface area contributed by atoms with Gasteiger partial charge in [-0.3, -0.25) is 0 Å². The molecule has 3 heteroatoms. The lowest BCUT2D eigenvalue weighted by Gasteiger charge is -1.99. The molecule has 0 aliphatic rings. The van der Waals surface area contributed by atoms with E-state index in [2.05, 4.69) is 16.6 Å². The third kappa shape index (κ3) is 5.22. The molecule has 18 heavy (non-hydrogen) atoms. The highest BCUT2D eigenvalue weighted by atomic mass is 16.5. The lowest BCUT2D eigenvalue weighted by atomic mass is 10.2. The Bertz CT molecular complexity index is 464. The first kappa shape index (κ1) is 13.9. The first-order valence-corrected chi connectivity index (χ1v) is 5.71. The van der Waals surface area contributed by atoms with Crippen LogP contribution in [0.15, 0.2) is 42.0 Å². The van der Waals surface area contributed by atoms with Crippen LogP contribution in [0.1, 0.15) is 13.3 Å². The molecule has 0 saturated carbocycles. The molecule has 1 aromatic carbocycles. The summed E-state index contributed by atoms with van der Waals surface area (Å²) < 4.78 is 9.96. The van der Waals surface area contributed by atoms with Gasteiger partial charge in [0.25, 0.3) is 0 Å². The first-order valence-electron chi connectivity index (χ1n) is 5.71. The largest absolute Gasteiger partial charge is 0.481 e. The van der Waals surface area contributed by atoms with E-state index < -0.39 is 0 Å². The van der Waals surface area contributed by atoms with Crippen LogP contribution in [0.2, 0.25) is 0 Å². The molecule has 0 aliphatic carbocycles. The van der Waals surface area contributed by atoms with Gasteiger partial charge in [0.2, 0.25) is 0 Å². The van der Waals surface area contributed by atoms with E-state index in [0.29, 0.717) is 13.0 Å². The molecule has 0 amide bonds. The van der Waals surface area contributed by atoms with E-state index in [1.165, 1.54) is 13.2 Å². The molecule has 0 N–H and O–H groups in total. The summed E-state index contributed by atoms with van der Waals surface area (Å²) in [5.74, 6) is 6.15. The molecule has 0 spiro atoms. The Morgan fingerprint density at radius 1 is 1.33 bits per heavy atom. The van der Waals surface area contributed by atoms with Gasteiger partial charge in [-0.1, -0.05) is 37.0 Å². The van der Waals surface area contributed by atoms with Crippen molar-refractivity contribution in [2.75, 3.05) is 13.7 Å². The average molecular weight is 244 g/mol. The molecule has 0 unspecified atom stereocenters. The number of ether oxygens (including phenoxy) is 2. The second-order valence-corrected chi connectivity index (χ2v) is 3.45. The van der Waals surface area contributed by atoms with E-state index in [9.17, 15) is 4.79 Å². The van der Waals surface area contributed by atoms with Crippen molar-refractivity contribution in [1.29, 1.82) is 0 Å². The van der Waals surface area contributed by atoms with Crippen LogP contribution < -0.4 is 4.74 Å². The number of esters is 1. The zero-order valence-electron chi connectivity index (χ0n) is 10.6. The van der Waals surface area contributed by atoms with Gasteiger partial charge in [-0.05, 0) is 18.6 Å². The standard InChI is InChI=1S/C15H16O3/c1-3-13(12-15(16)17-2)8-7-11-18-14-9-5-4-6-10-14/h4-6,9-10,12H,3,11H2,1-2H3/b13-12+. The quantitative estimate of drug-likeness (QED) is 0.464. The number of carbonyl (C=O) groups is 1. The summed E-state index contributed by atoms with van der Waals surface area (Å²) in [4.78, 5) is 11.0. The summed E-state index contributed by atoms with van der Waals surface area (Å²) in [5.41, 5.74) is 0.735. The second-order valence-electron chi connectivity index (χ2n) is 3.45. The van der Waals surface area contributed by atoms with Crippen LogP contribution in [0.3, 0.4) is 0 Å². The lowest BCUT2D eigenvalue weighted by Crippen LogP contribution is -1.97. The minimum atomic E-state index is -0.384. The number of carbonyl (C=O) groups excluding carboxylic acids is 1. The fraction of sp³-hybridized carbons (Fsp3) is 0.267. The number of rotatable bonds is 4. The zero-order chi connectivity index (χ0) is 13.2. The Kier molecular flexibility index (Phi) is 6.13. The van der Waals surface area contributed by atoms with E-state index >= 15 is 0 Å². The molecule has 0 fully saturated rings. The van der Waals surface area contributed by atoms with Crippen LogP contribution in [-0.2, 0) is 9.53 Å². The molecule has 0 atom stereocenters. The molecular weight excluding hydrogens is 228 g/mol. The van der Waals surface area contributed by atoms with E-state index in [1.54, 1.807) is 0 Å². The topological polar surface area (TPSA) is 35.5 Å². The van der Waals surface area contributed by atoms with Gasteiger partial charge in [0.15, 0.2) is 0 Å². The summed E-state index contributed by atoms with van der Waals surface area (Å²) >= 11 is 0. The minimum absolute atomic E-state index is 0.294. The minimum Gasteiger partial charge on any atom is -0.481 e. The molecule has 1 aromatic rings. The van der Waals surface area contributed by atoms with Crippen molar-refractivity contribution in [3.05, 3.63) is 42.0 Å². The van der Waals surface area contributed by atoms with E-state index in [1.807, 2.05) is 37.3 Å². The predicted octanol–water partition coefficient (Wildman–Crippen LogP) is 2.58. The third-order valence-electron chi connectivity index (χ3n) is 2.18. The molecule has 94 valence electrons. The van der Waals surface area contributed by atoms with Crippen molar-refractivity contribution in [2.45, 2.75) is 13.3 Å². The Balaban J connectivity index is 2.49. The van der Waals surface area contributed by atoms with Gasteiger partial charge in [-0.2, -0.15) is 0 Å². The molecule has 0 radical (unpaired) electrons. The van der Waals surface area contributed by atoms with Gasteiger partial charge >= 0.3 is 5.97 Å². The highest BCUT2D eigenvalue weighted by Gasteiger charge is 1.96. The Morgan fingerprint density at radius 3 is 2.67 bits per heavy atom. The number of para-hydroxylation sites is 1. The maximum atomic E-state index is 11.0. The number of hydrogen-bond acceptors (Lipinski definition) is 3. The number of hydrogen-bond donors (Lipinski definition) is 0. The SMILES string of the molecule is CC/C(C#CCOc1ccccc1)=C\C(=O)OC. The van der Waals surface area contributed by atoms with Crippen molar-refractivity contribution < 1.29 is 14.3 Å². The number of methoxy groups -OCH3 is 1. The van der Waals surface area contributed by atoms with Gasteiger partial charge in [-0.15, -0.1) is 0 Å². The van der Waals surface area contributed by atoms with Crippen molar-refractivity contribution in [3.8, 4) is 17.6 Å². The van der Waals surface area contributed by atoms with Crippen molar-refractivity contribution in [2.24, 2.45) is 0 Å². The highest BCUT2D eigenvalue weighted by molar-refractivity contribution is 5.83. The van der Waals surface area contributed by atoms with Gasteiger partial charge in [0, 0.05) is 11.6 Å². The highest BCUT2D eigenvalue weighted by Crippen LogP contribution is 2.07. The summed E-state index contributed by atoms with van der Waals surface area (Å²) in [6.07, 6.45) is 2.09. The van der Waals surface area contributed by atoms with E-state index in [4.69, 9.17) is 4.74 Å². The van der Waals surface area contributed by atoms with Gasteiger partial charge in [0.1, 0.15) is 12.4 Å². The number of allylic oxidation sites excluding steroid dienone is 1. The molecule has 0 aliphatic heterocycles. The second kappa shape index (κ2) is 7.97. The fourth-order valence-corrected chi connectivity index (χ4v) is 1.21. The van der Waals surface area contributed by atoms with Gasteiger partial charge < -0.3 is 9.47 Å². The van der Waals surface area contributed by atoms with Crippen LogP contribution in [0.5, 0.6) is 5.75 Å². The molecule has 0 bridgehead atoms. The molecular formula is C15H16O3. The summed E-state index contributed by atoms with van der Waals surface area (Å²) in [5, 5.41) is 0. The van der Waals surface area contributed by atoms with Crippen LogP contribution >= 0.6 is 0 Å². The maximum Gasteiger partial charge on any atom is 0.331 e. The molecule has 0 aromatic heterocycles. The molecule has 0 heterocycles. The monoisotopic (exact) mass is 244 g/mol. The first-order chi connectivity index (χ1) is 8.76. The van der Waals surface area contributed by atoms with Crippen LogP contribution in [0, 0.1) is 11.8 Å². The van der Waals surface area contributed by atoms with Crippen molar-refractivity contribution in [3.63, 3.8) is 0 Å². The summed E-state index contributed by atoms with van der Waals surface area (Å²) in [7, 11) is 1.35.